The highest BCUT2D eigenvalue weighted by Crippen LogP contribution is 2.30. The molecule has 2 aromatic rings. The van der Waals surface area contributed by atoms with Crippen LogP contribution in [-0.2, 0) is 19.1 Å². The number of ether oxygens (including phenoxy) is 1. The lowest BCUT2D eigenvalue weighted by molar-refractivity contribution is -0.140. The molecule has 0 saturated carbocycles. The van der Waals surface area contributed by atoms with E-state index in [4.69, 9.17) is 4.74 Å². The number of phenols is 1. The molecule has 156 valence electrons. The predicted molar refractivity (Wildman–Crippen MR) is 114 cm³/mol. The number of rotatable bonds is 7. The molecule has 0 spiro atoms. The van der Waals surface area contributed by atoms with E-state index in [-0.39, 0.29) is 29.7 Å². The Hall–Kier alpha value is -1.76. The van der Waals surface area contributed by atoms with Gasteiger partial charge in [0.05, 0.1) is 18.7 Å². The number of alkyl halides is 3. The lowest BCUT2D eigenvalue weighted by Gasteiger charge is -2.11. The Bertz CT molecular complexity index is 784. The number of methoxy groups -OCH3 is 1. The van der Waals surface area contributed by atoms with E-state index in [0.29, 0.717) is 42.8 Å². The van der Waals surface area contributed by atoms with Crippen LogP contribution in [-0.4, -0.2) is 36.2 Å². The molecule has 2 rings (SSSR count). The number of thiazole rings is 1. The van der Waals surface area contributed by atoms with Gasteiger partial charge in [0.25, 0.3) is 0 Å². The Morgan fingerprint density at radius 2 is 2.07 bits per heavy atom. The van der Waals surface area contributed by atoms with Crippen LogP contribution in [0, 0.1) is 0 Å². The van der Waals surface area contributed by atoms with Gasteiger partial charge in [0.15, 0.2) is 23.2 Å². The Kier molecular flexibility index (Phi) is 9.79. The van der Waals surface area contributed by atoms with Crippen LogP contribution in [0.5, 0.6) is 11.5 Å². The number of nitrogens with zero attached hydrogens (tertiary/aromatic N) is 2. The minimum absolute atomic E-state index is 0. The van der Waals surface area contributed by atoms with Crippen molar-refractivity contribution in [3.63, 3.8) is 0 Å². The summed E-state index contributed by atoms with van der Waals surface area (Å²) >= 11 is 0.986. The molecule has 0 aliphatic carbocycles. The average Bonchev–Trinajstić information content (AvgIpc) is 3.09. The van der Waals surface area contributed by atoms with Gasteiger partial charge in [-0.2, -0.15) is 13.2 Å². The van der Waals surface area contributed by atoms with Crippen LogP contribution >= 0.6 is 35.3 Å². The molecule has 0 bridgehead atoms. The van der Waals surface area contributed by atoms with Gasteiger partial charge >= 0.3 is 6.18 Å². The number of nitrogens with one attached hydrogen (secondary N) is 2. The fourth-order valence-electron chi connectivity index (χ4n) is 2.19. The van der Waals surface area contributed by atoms with E-state index < -0.39 is 11.9 Å². The van der Waals surface area contributed by atoms with E-state index in [1.807, 2.05) is 6.92 Å². The first-order valence-corrected chi connectivity index (χ1v) is 9.11. The third-order valence-corrected chi connectivity index (χ3v) is 4.39. The van der Waals surface area contributed by atoms with Gasteiger partial charge in [0, 0.05) is 24.9 Å². The zero-order valence-corrected chi connectivity index (χ0v) is 18.5. The van der Waals surface area contributed by atoms with E-state index in [0.717, 1.165) is 22.3 Å². The van der Waals surface area contributed by atoms with Crippen molar-refractivity contribution >= 4 is 41.3 Å². The van der Waals surface area contributed by atoms with Crippen molar-refractivity contribution in [3.05, 3.63) is 39.8 Å². The number of phenolic OH excluding ortho intramolecular Hbond substituents is 1. The molecular weight excluding hydrogens is 508 g/mol. The molecule has 3 N–H and O–H groups in total. The molecule has 0 unspecified atom stereocenters. The molecule has 1 aromatic heterocycles. The van der Waals surface area contributed by atoms with Gasteiger partial charge in [-0.3, -0.25) is 0 Å². The molecule has 0 atom stereocenters. The topological polar surface area (TPSA) is 78.8 Å². The summed E-state index contributed by atoms with van der Waals surface area (Å²) in [5.41, 5.74) is -0.0670. The normalized spacial score (nSPS) is 11.7. The monoisotopic (exact) mass is 530 g/mol. The first-order chi connectivity index (χ1) is 12.8. The molecule has 0 fully saturated rings. The number of aromatic hydroxyl groups is 1. The zero-order chi connectivity index (χ0) is 19.9. The fraction of sp³-hybridized carbons (Fsp3) is 0.412. The maximum absolute atomic E-state index is 12.6. The summed E-state index contributed by atoms with van der Waals surface area (Å²) in [5.74, 6) is 0.947. The van der Waals surface area contributed by atoms with Crippen molar-refractivity contribution in [1.29, 1.82) is 0 Å². The quantitative estimate of drug-likeness (QED) is 0.289. The Balaban J connectivity index is 0.00000392. The Morgan fingerprint density at radius 3 is 2.64 bits per heavy atom. The van der Waals surface area contributed by atoms with Gasteiger partial charge < -0.3 is 20.5 Å². The second kappa shape index (κ2) is 11.3. The van der Waals surface area contributed by atoms with E-state index in [2.05, 4.69) is 20.6 Å². The number of benzene rings is 1. The van der Waals surface area contributed by atoms with Crippen LogP contribution in [0.1, 0.15) is 23.2 Å². The Morgan fingerprint density at radius 1 is 1.32 bits per heavy atom. The van der Waals surface area contributed by atoms with Crippen molar-refractivity contribution in [2.45, 2.75) is 26.1 Å². The number of halogens is 4. The minimum atomic E-state index is -4.41. The van der Waals surface area contributed by atoms with Gasteiger partial charge in [0.2, 0.25) is 0 Å². The van der Waals surface area contributed by atoms with Crippen LogP contribution in [0.2, 0.25) is 0 Å². The summed E-state index contributed by atoms with van der Waals surface area (Å²) in [7, 11) is 1.47. The van der Waals surface area contributed by atoms with Crippen LogP contribution in [0.15, 0.2) is 28.6 Å². The number of hydrogen-bond donors (Lipinski definition) is 3. The standard InChI is InChI=1S/C17H21F3N4O2S.HI/c1-3-21-16(23-9-11-4-5-13(26-2)12(25)8-11)22-7-6-15-24-14(10-27-15)17(18,19)20;/h4-5,8,10,25H,3,6-7,9H2,1-2H3,(H2,21,22,23);1H. The average molecular weight is 530 g/mol. The maximum atomic E-state index is 12.6. The first kappa shape index (κ1) is 24.3. The summed E-state index contributed by atoms with van der Waals surface area (Å²) in [5, 5.41) is 17.3. The number of aromatic nitrogens is 1. The third kappa shape index (κ3) is 7.34. The van der Waals surface area contributed by atoms with Crippen molar-refractivity contribution < 1.29 is 23.0 Å². The molecule has 0 amide bonds. The van der Waals surface area contributed by atoms with Crippen molar-refractivity contribution in [2.24, 2.45) is 4.99 Å². The maximum Gasteiger partial charge on any atom is 0.434 e. The summed E-state index contributed by atoms with van der Waals surface area (Å²) < 4.78 is 42.7. The largest absolute Gasteiger partial charge is 0.504 e. The highest BCUT2D eigenvalue weighted by molar-refractivity contribution is 14.0. The molecule has 1 heterocycles. The van der Waals surface area contributed by atoms with E-state index >= 15 is 0 Å². The molecule has 0 radical (unpaired) electrons. The third-order valence-electron chi connectivity index (χ3n) is 3.48. The molecular formula is C17H22F3IN4O2S. The van der Waals surface area contributed by atoms with E-state index in [1.54, 1.807) is 18.2 Å². The second-order valence-electron chi connectivity index (χ2n) is 5.50. The highest BCUT2D eigenvalue weighted by atomic mass is 127. The van der Waals surface area contributed by atoms with Crippen LogP contribution < -0.4 is 15.4 Å². The summed E-state index contributed by atoms with van der Waals surface area (Å²) in [4.78, 5) is 8.00. The van der Waals surface area contributed by atoms with Crippen molar-refractivity contribution in [3.8, 4) is 11.5 Å². The molecule has 1 aromatic carbocycles. The summed E-state index contributed by atoms with van der Waals surface area (Å²) in [6.45, 7) is 3.26. The minimum Gasteiger partial charge on any atom is -0.504 e. The zero-order valence-electron chi connectivity index (χ0n) is 15.3. The molecule has 6 nitrogen and oxygen atoms in total. The lowest BCUT2D eigenvalue weighted by Crippen LogP contribution is -2.38. The fourth-order valence-corrected chi connectivity index (χ4v) is 2.99. The SMILES string of the molecule is CCNC(=NCc1ccc(OC)c(O)c1)NCCc1nc(C(F)(F)F)cs1.I. The van der Waals surface area contributed by atoms with Gasteiger partial charge in [-0.25, -0.2) is 9.98 Å². The lowest BCUT2D eigenvalue weighted by atomic mass is 10.2. The van der Waals surface area contributed by atoms with E-state index in [9.17, 15) is 18.3 Å². The molecule has 0 aliphatic heterocycles. The van der Waals surface area contributed by atoms with Gasteiger partial charge in [-0.15, -0.1) is 35.3 Å². The van der Waals surface area contributed by atoms with Crippen molar-refractivity contribution in [2.75, 3.05) is 20.2 Å². The smallest absolute Gasteiger partial charge is 0.434 e. The molecule has 11 heteroatoms. The van der Waals surface area contributed by atoms with Crippen molar-refractivity contribution in [1.82, 2.24) is 15.6 Å². The molecule has 28 heavy (non-hydrogen) atoms. The first-order valence-electron chi connectivity index (χ1n) is 8.23. The number of aliphatic imine (C=N–C) groups is 1. The van der Waals surface area contributed by atoms with Crippen LogP contribution in [0.3, 0.4) is 0 Å². The van der Waals surface area contributed by atoms with Crippen LogP contribution in [0.4, 0.5) is 13.2 Å². The second-order valence-corrected chi connectivity index (χ2v) is 6.45. The Labute approximate surface area is 182 Å². The van der Waals surface area contributed by atoms with Gasteiger partial charge in [-0.05, 0) is 24.6 Å². The summed E-state index contributed by atoms with van der Waals surface area (Å²) in [6.07, 6.45) is -4.06. The number of hydrogen-bond acceptors (Lipinski definition) is 5. The van der Waals surface area contributed by atoms with E-state index in [1.165, 1.54) is 7.11 Å². The summed E-state index contributed by atoms with van der Waals surface area (Å²) in [6, 6.07) is 5.02. The molecule has 0 aliphatic rings. The van der Waals surface area contributed by atoms with Crippen LogP contribution in [0.25, 0.3) is 0 Å². The predicted octanol–water partition coefficient (Wildman–Crippen LogP) is 3.79. The van der Waals surface area contributed by atoms with Gasteiger partial charge in [0.1, 0.15) is 0 Å². The van der Waals surface area contributed by atoms with Gasteiger partial charge in [-0.1, -0.05) is 6.07 Å². The molecule has 0 saturated heterocycles. The number of guanidine groups is 1. The highest BCUT2D eigenvalue weighted by Gasteiger charge is 2.33.